The van der Waals surface area contributed by atoms with Crippen molar-refractivity contribution in [3.63, 3.8) is 0 Å². The van der Waals surface area contributed by atoms with E-state index in [1.165, 1.54) is 42.1 Å². The molecular weight excluding hydrogens is 808 g/mol. The topological polar surface area (TPSA) is 246 Å². The molecule has 0 saturated carbocycles. The molecule has 4 N–H and O–H groups in total. The number of Topliss-reactive ketones (excluding diaryl/α,β-unsaturated/α-hetero) is 2. The molecule has 1 aliphatic carbocycles. The zero-order valence-corrected chi connectivity index (χ0v) is 35.3. The minimum atomic E-state index is -2.21. The van der Waals surface area contributed by atoms with Crippen molar-refractivity contribution in [3.05, 3.63) is 28.3 Å². The number of rotatable bonds is 10. The summed E-state index contributed by atoms with van der Waals surface area (Å²) in [4.78, 5) is 38.3. The van der Waals surface area contributed by atoms with Crippen molar-refractivity contribution >= 4 is 28.3 Å². The lowest BCUT2D eigenvalue weighted by atomic mass is 9.77. The van der Waals surface area contributed by atoms with Gasteiger partial charge < -0.3 is 77.3 Å². The normalized spacial score (nSPS) is 42.0. The second-order valence-electron chi connectivity index (χ2n) is 17.4. The van der Waals surface area contributed by atoms with Crippen LogP contribution >= 0.6 is 0 Å². The summed E-state index contributed by atoms with van der Waals surface area (Å²) in [5.41, 5.74) is -4.07. The van der Waals surface area contributed by atoms with Gasteiger partial charge in [-0.05, 0) is 52.7 Å². The molecular formula is C42H52O19. The van der Waals surface area contributed by atoms with Crippen LogP contribution in [-0.2, 0) is 57.0 Å². The summed E-state index contributed by atoms with van der Waals surface area (Å²) >= 11 is 0. The van der Waals surface area contributed by atoms with Crippen LogP contribution in [0.25, 0.3) is 10.8 Å². The fraction of sp³-hybridized carbons (Fsp3) is 0.690. The Hall–Kier alpha value is -3.57. The maximum atomic E-state index is 14.0. The Bertz CT molecular complexity index is 2170. The SMILES string of the molecule is COc1c2c(c(O)c3c4c(c(C)cc13)[C@@H]1O[C@@]3(C(OC)OC)O[C@@H]1[C@@](O[C@H]1C[C@@H](O)[C@@](O)(C(C)=O)[C@H](C)O1)(O4)[C@@]31CO1)C(=O)CC[C@@H]2O[C@H]1C[C@@](C)(O)[C@H](OC(C)=O)[C@H](C)O1. The Kier molecular flexibility index (Phi) is 9.96. The first-order valence-electron chi connectivity index (χ1n) is 20.4. The van der Waals surface area contributed by atoms with Crippen LogP contribution in [-0.4, -0.2) is 144 Å². The third kappa shape index (κ3) is 5.69. The number of ether oxygens (including phenoxy) is 12. The number of aromatic hydroxyl groups is 1. The van der Waals surface area contributed by atoms with E-state index >= 15 is 0 Å². The second-order valence-corrected chi connectivity index (χ2v) is 17.4. The van der Waals surface area contributed by atoms with Gasteiger partial charge in [-0.2, -0.15) is 0 Å². The van der Waals surface area contributed by atoms with Crippen LogP contribution in [0, 0.1) is 6.92 Å². The largest absolute Gasteiger partial charge is 0.506 e. The summed E-state index contributed by atoms with van der Waals surface area (Å²) in [5, 5.41) is 46.6. The zero-order valence-electron chi connectivity index (χ0n) is 35.3. The van der Waals surface area contributed by atoms with Gasteiger partial charge in [-0.3, -0.25) is 14.4 Å². The lowest BCUT2D eigenvalue weighted by Gasteiger charge is -2.52. The van der Waals surface area contributed by atoms with E-state index in [4.69, 9.17) is 56.8 Å². The maximum Gasteiger partial charge on any atom is 0.303 e. The Morgan fingerprint density at radius 1 is 1.02 bits per heavy atom. The monoisotopic (exact) mass is 860 g/mol. The number of ketones is 2. The Balaban J connectivity index is 1.17. The van der Waals surface area contributed by atoms with Gasteiger partial charge in [0.25, 0.3) is 11.6 Å². The van der Waals surface area contributed by atoms with E-state index in [-0.39, 0.29) is 60.3 Å². The van der Waals surface area contributed by atoms with E-state index in [9.17, 15) is 34.8 Å². The van der Waals surface area contributed by atoms with E-state index in [2.05, 4.69) is 0 Å². The molecule has 7 aliphatic rings. The van der Waals surface area contributed by atoms with Crippen molar-refractivity contribution in [2.24, 2.45) is 0 Å². The third-order valence-corrected chi connectivity index (χ3v) is 13.7. The molecule has 6 heterocycles. The molecule has 2 aromatic rings. The number of carbonyl (C=O) groups is 3. The van der Waals surface area contributed by atoms with Crippen molar-refractivity contribution < 1.29 is 91.7 Å². The first-order chi connectivity index (χ1) is 28.7. The highest BCUT2D eigenvalue weighted by atomic mass is 16.9. The molecule has 5 fully saturated rings. The predicted molar refractivity (Wildman–Crippen MR) is 202 cm³/mol. The summed E-state index contributed by atoms with van der Waals surface area (Å²) in [5.74, 6) is -5.57. The number of aliphatic hydroxyl groups excluding tert-OH is 1. The molecule has 9 rings (SSSR count). The summed E-state index contributed by atoms with van der Waals surface area (Å²) in [6.07, 6.45) is -11.2. The molecule has 6 aliphatic heterocycles. The third-order valence-electron chi connectivity index (χ3n) is 13.7. The van der Waals surface area contributed by atoms with Crippen LogP contribution in [0.2, 0.25) is 0 Å². The van der Waals surface area contributed by atoms with Crippen molar-refractivity contribution in [2.45, 2.75) is 157 Å². The summed E-state index contributed by atoms with van der Waals surface area (Å²) in [6, 6.07) is 1.77. The first-order valence-corrected chi connectivity index (χ1v) is 20.4. The standard InChI is InChI=1S/C42H52O19/c1-16-12-21-28(31(47)29-22(45)10-11-23(30(29)32(21)50-7)57-26-14-38(6,48)35(17(2)54-26)56-20(5)44)33-27(16)34-36-41(59-33,39(15-53-39)42(60-34,61-36)37(51-8)52-9)58-25-13-24(46)40(49,18(3)43)19(4)55-25/h12,17,19,23-26,34-37,46-49H,10-11,13-15H2,1-9H3/t17-,19-,23-,24+,25-,26-,34-,35+,36-,38+,39-,40+,41+,42-/m0/s1. The average Bonchev–Trinajstić information content (AvgIpc) is 3.86. The predicted octanol–water partition coefficient (Wildman–Crippen LogP) is 2.19. The molecule has 0 aromatic heterocycles. The van der Waals surface area contributed by atoms with E-state index in [0.29, 0.717) is 16.5 Å². The number of phenolic OH excluding ortho intramolecular Hbond substituents is 1. The Morgan fingerprint density at radius 3 is 2.31 bits per heavy atom. The number of carbonyl (C=O) groups excluding carboxylic acids is 3. The van der Waals surface area contributed by atoms with Crippen LogP contribution in [0.1, 0.15) is 99.6 Å². The zero-order chi connectivity index (χ0) is 43.9. The van der Waals surface area contributed by atoms with Gasteiger partial charge in [0, 0.05) is 56.9 Å². The van der Waals surface area contributed by atoms with Gasteiger partial charge in [0.1, 0.15) is 29.0 Å². The number of methoxy groups -OCH3 is 3. The minimum absolute atomic E-state index is 0.0285. The molecule has 5 saturated heterocycles. The molecule has 2 aromatic carbocycles. The molecule has 0 unspecified atom stereocenters. The van der Waals surface area contributed by atoms with Crippen LogP contribution in [0.15, 0.2) is 6.07 Å². The number of hydrogen-bond donors (Lipinski definition) is 4. The molecule has 19 heteroatoms. The fourth-order valence-electron chi connectivity index (χ4n) is 10.8. The minimum Gasteiger partial charge on any atom is -0.506 e. The van der Waals surface area contributed by atoms with Crippen LogP contribution in [0.5, 0.6) is 17.2 Å². The number of fused-ring (bicyclic) bond motifs is 8. The molecule has 14 atom stereocenters. The fourth-order valence-corrected chi connectivity index (χ4v) is 10.8. The number of benzene rings is 2. The lowest BCUT2D eigenvalue weighted by molar-refractivity contribution is -0.385. The summed E-state index contributed by atoms with van der Waals surface area (Å²) < 4.78 is 75.2. The van der Waals surface area contributed by atoms with E-state index in [1.807, 2.05) is 6.92 Å². The quantitative estimate of drug-likeness (QED) is 0.152. The summed E-state index contributed by atoms with van der Waals surface area (Å²) in [6.45, 7) is 8.79. The Morgan fingerprint density at radius 2 is 1.72 bits per heavy atom. The van der Waals surface area contributed by atoms with Gasteiger partial charge >= 0.3 is 5.97 Å². The maximum absolute atomic E-state index is 14.0. The highest BCUT2D eigenvalue weighted by Gasteiger charge is 2.94. The van der Waals surface area contributed by atoms with Gasteiger partial charge in [0.05, 0.1) is 49.1 Å². The van der Waals surface area contributed by atoms with Gasteiger partial charge in [-0.25, -0.2) is 0 Å². The molecule has 0 amide bonds. The average molecular weight is 861 g/mol. The van der Waals surface area contributed by atoms with E-state index < -0.39 is 113 Å². The summed E-state index contributed by atoms with van der Waals surface area (Å²) in [7, 11) is 4.24. The highest BCUT2D eigenvalue weighted by Crippen LogP contribution is 2.72. The van der Waals surface area contributed by atoms with Crippen molar-refractivity contribution in [1.29, 1.82) is 0 Å². The smallest absolute Gasteiger partial charge is 0.303 e. The van der Waals surface area contributed by atoms with E-state index in [1.54, 1.807) is 13.0 Å². The van der Waals surface area contributed by atoms with Gasteiger partial charge in [-0.1, -0.05) is 0 Å². The van der Waals surface area contributed by atoms with Gasteiger partial charge in [0.2, 0.25) is 11.9 Å². The van der Waals surface area contributed by atoms with Crippen LogP contribution in [0.3, 0.4) is 0 Å². The first kappa shape index (κ1) is 42.7. The number of hydrogen-bond acceptors (Lipinski definition) is 19. The molecule has 2 bridgehead atoms. The lowest BCUT2D eigenvalue weighted by Crippen LogP contribution is -2.72. The number of esters is 1. The number of aliphatic hydroxyl groups is 3. The number of epoxide rings is 1. The van der Waals surface area contributed by atoms with Crippen LogP contribution in [0.4, 0.5) is 0 Å². The van der Waals surface area contributed by atoms with Crippen molar-refractivity contribution in [1.82, 2.24) is 0 Å². The van der Waals surface area contributed by atoms with Crippen molar-refractivity contribution in [2.75, 3.05) is 27.9 Å². The van der Waals surface area contributed by atoms with Gasteiger partial charge in [0.15, 0.2) is 42.0 Å². The molecule has 0 radical (unpaired) electrons. The number of aryl methyl sites for hydroxylation is 1. The number of phenols is 1. The van der Waals surface area contributed by atoms with Crippen molar-refractivity contribution in [3.8, 4) is 17.2 Å². The van der Waals surface area contributed by atoms with Gasteiger partial charge in [-0.15, -0.1) is 0 Å². The molecule has 1 spiro atoms. The molecule has 19 nitrogen and oxygen atoms in total. The highest BCUT2D eigenvalue weighted by molar-refractivity contribution is 6.12. The Labute approximate surface area is 350 Å². The van der Waals surface area contributed by atoms with E-state index in [0.717, 1.165) is 6.92 Å². The van der Waals surface area contributed by atoms with Crippen LogP contribution < -0.4 is 9.47 Å². The molecule has 61 heavy (non-hydrogen) atoms. The molecule has 334 valence electrons. The second kappa shape index (κ2) is 14.2.